The summed E-state index contributed by atoms with van der Waals surface area (Å²) in [4.78, 5) is 5.03. The van der Waals surface area contributed by atoms with Crippen molar-refractivity contribution in [2.45, 2.75) is 64.2 Å². The van der Waals surface area contributed by atoms with Gasteiger partial charge in [0.2, 0.25) is 0 Å². The first kappa shape index (κ1) is 17.3. The third-order valence-corrected chi connectivity index (χ3v) is 5.82. The van der Waals surface area contributed by atoms with Crippen LogP contribution in [0.2, 0.25) is 0 Å². The van der Waals surface area contributed by atoms with Crippen molar-refractivity contribution in [2.24, 2.45) is 0 Å². The lowest BCUT2D eigenvalue weighted by Gasteiger charge is -2.26. The Bertz CT molecular complexity index is 862. The lowest BCUT2D eigenvalue weighted by molar-refractivity contribution is 0.412. The van der Waals surface area contributed by atoms with Crippen LogP contribution in [0.15, 0.2) is 54.6 Å². The standard InChI is InChI=1S/C25H29N/c1-2-3-4-6-10-19-15-16-24-23(17-19)22(20-11-7-5-8-12-20)18-25(26-24)21-13-9-14-21/h5,7-8,11-12,15-18,21H,2-4,6,9-10,13-14H2,1H3. The van der Waals surface area contributed by atoms with Crippen LogP contribution in [0.1, 0.15) is 69.0 Å². The molecular weight excluding hydrogens is 314 g/mol. The molecule has 0 saturated heterocycles. The molecule has 1 saturated carbocycles. The maximum absolute atomic E-state index is 5.03. The second-order valence-corrected chi connectivity index (χ2v) is 7.75. The van der Waals surface area contributed by atoms with Crippen LogP contribution in [0.5, 0.6) is 0 Å². The van der Waals surface area contributed by atoms with Crippen LogP contribution in [0.3, 0.4) is 0 Å². The topological polar surface area (TPSA) is 12.9 Å². The maximum Gasteiger partial charge on any atom is 0.0711 e. The Balaban J connectivity index is 1.73. The Morgan fingerprint density at radius 2 is 1.77 bits per heavy atom. The number of hydrogen-bond acceptors (Lipinski definition) is 1. The SMILES string of the molecule is CCCCCCc1ccc2nc(C3CCC3)cc(-c3ccccc3)c2c1. The molecule has 0 spiro atoms. The van der Waals surface area contributed by atoms with Crippen LogP contribution in [-0.4, -0.2) is 4.98 Å². The molecule has 0 amide bonds. The molecule has 0 atom stereocenters. The van der Waals surface area contributed by atoms with Gasteiger partial charge in [0.1, 0.15) is 0 Å². The van der Waals surface area contributed by atoms with Gasteiger partial charge in [0.05, 0.1) is 5.52 Å². The zero-order valence-corrected chi connectivity index (χ0v) is 15.9. The van der Waals surface area contributed by atoms with Gasteiger partial charge in [0.15, 0.2) is 0 Å². The first-order chi connectivity index (χ1) is 12.8. The van der Waals surface area contributed by atoms with Crippen molar-refractivity contribution >= 4 is 10.9 Å². The molecule has 0 N–H and O–H groups in total. The number of pyridine rings is 1. The van der Waals surface area contributed by atoms with Crippen LogP contribution in [0.4, 0.5) is 0 Å². The van der Waals surface area contributed by atoms with E-state index in [9.17, 15) is 0 Å². The predicted octanol–water partition coefficient (Wildman–Crippen LogP) is 7.29. The summed E-state index contributed by atoms with van der Waals surface area (Å²) >= 11 is 0. The van der Waals surface area contributed by atoms with Crippen molar-refractivity contribution in [1.82, 2.24) is 4.98 Å². The van der Waals surface area contributed by atoms with Gasteiger partial charge in [-0.3, -0.25) is 4.98 Å². The van der Waals surface area contributed by atoms with Crippen molar-refractivity contribution in [3.8, 4) is 11.1 Å². The van der Waals surface area contributed by atoms with Gasteiger partial charge in [0, 0.05) is 17.0 Å². The Morgan fingerprint density at radius 1 is 0.923 bits per heavy atom. The summed E-state index contributed by atoms with van der Waals surface area (Å²) in [6, 6.07) is 20.1. The van der Waals surface area contributed by atoms with Gasteiger partial charge in [-0.15, -0.1) is 0 Å². The first-order valence-corrected chi connectivity index (χ1v) is 10.3. The smallest absolute Gasteiger partial charge is 0.0711 e. The highest BCUT2D eigenvalue weighted by Crippen LogP contribution is 2.39. The zero-order chi connectivity index (χ0) is 17.8. The Morgan fingerprint density at radius 3 is 2.50 bits per heavy atom. The second kappa shape index (κ2) is 8.03. The van der Waals surface area contributed by atoms with E-state index in [0.717, 1.165) is 5.52 Å². The Labute approximate surface area is 157 Å². The van der Waals surface area contributed by atoms with E-state index in [0.29, 0.717) is 5.92 Å². The number of aryl methyl sites for hydroxylation is 1. The minimum absolute atomic E-state index is 0.663. The van der Waals surface area contributed by atoms with E-state index in [1.165, 1.54) is 79.1 Å². The third kappa shape index (κ3) is 3.67. The molecule has 4 rings (SSSR count). The van der Waals surface area contributed by atoms with Crippen molar-refractivity contribution in [3.63, 3.8) is 0 Å². The quantitative estimate of drug-likeness (QED) is 0.410. The molecule has 1 fully saturated rings. The van der Waals surface area contributed by atoms with Crippen molar-refractivity contribution < 1.29 is 0 Å². The number of benzene rings is 2. The predicted molar refractivity (Wildman–Crippen MR) is 112 cm³/mol. The molecule has 1 nitrogen and oxygen atoms in total. The van der Waals surface area contributed by atoms with Crippen LogP contribution in [0.25, 0.3) is 22.0 Å². The lowest BCUT2D eigenvalue weighted by Crippen LogP contribution is -2.11. The van der Waals surface area contributed by atoms with Crippen molar-refractivity contribution in [3.05, 3.63) is 65.9 Å². The average molecular weight is 344 g/mol. The summed E-state index contributed by atoms with van der Waals surface area (Å²) in [5, 5.41) is 1.31. The highest BCUT2D eigenvalue weighted by Gasteiger charge is 2.22. The van der Waals surface area contributed by atoms with E-state index in [1.807, 2.05) is 0 Å². The fraction of sp³-hybridized carbons (Fsp3) is 0.400. The monoisotopic (exact) mass is 343 g/mol. The van der Waals surface area contributed by atoms with Crippen LogP contribution in [0, 0.1) is 0 Å². The molecular formula is C25H29N. The molecule has 2 aromatic carbocycles. The largest absolute Gasteiger partial charge is 0.253 e. The lowest BCUT2D eigenvalue weighted by atomic mass is 9.81. The number of rotatable bonds is 7. The van der Waals surface area contributed by atoms with E-state index in [4.69, 9.17) is 4.98 Å². The third-order valence-electron chi connectivity index (χ3n) is 5.82. The molecule has 1 aromatic heterocycles. The van der Waals surface area contributed by atoms with Gasteiger partial charge in [-0.25, -0.2) is 0 Å². The highest BCUT2D eigenvalue weighted by atomic mass is 14.7. The molecule has 26 heavy (non-hydrogen) atoms. The van der Waals surface area contributed by atoms with Crippen LogP contribution >= 0.6 is 0 Å². The van der Waals surface area contributed by atoms with E-state index < -0.39 is 0 Å². The van der Waals surface area contributed by atoms with E-state index in [2.05, 4.69) is 61.5 Å². The Kier molecular flexibility index (Phi) is 5.34. The Hall–Kier alpha value is -2.15. The summed E-state index contributed by atoms with van der Waals surface area (Å²) in [6.07, 6.45) is 10.4. The van der Waals surface area contributed by atoms with Gasteiger partial charge in [0.25, 0.3) is 0 Å². The minimum atomic E-state index is 0.663. The van der Waals surface area contributed by atoms with E-state index in [-0.39, 0.29) is 0 Å². The number of hydrogen-bond donors (Lipinski definition) is 0. The van der Waals surface area contributed by atoms with Crippen molar-refractivity contribution in [1.29, 1.82) is 0 Å². The summed E-state index contributed by atoms with van der Waals surface area (Å²) in [6.45, 7) is 2.27. The molecule has 134 valence electrons. The average Bonchev–Trinajstić information content (AvgIpc) is 2.64. The van der Waals surface area contributed by atoms with Gasteiger partial charge < -0.3 is 0 Å². The maximum atomic E-state index is 5.03. The van der Waals surface area contributed by atoms with Crippen molar-refractivity contribution in [2.75, 3.05) is 0 Å². The fourth-order valence-corrected chi connectivity index (χ4v) is 3.97. The van der Waals surface area contributed by atoms with Crippen LogP contribution in [-0.2, 0) is 6.42 Å². The van der Waals surface area contributed by atoms with Gasteiger partial charge in [-0.1, -0.05) is 69.0 Å². The van der Waals surface area contributed by atoms with E-state index in [1.54, 1.807) is 0 Å². The normalized spacial score (nSPS) is 14.5. The number of unbranched alkanes of at least 4 members (excludes halogenated alkanes) is 3. The number of fused-ring (bicyclic) bond motifs is 1. The summed E-state index contributed by atoms with van der Waals surface area (Å²) in [7, 11) is 0. The summed E-state index contributed by atoms with van der Waals surface area (Å²) < 4.78 is 0. The molecule has 3 aromatic rings. The van der Waals surface area contributed by atoms with Gasteiger partial charge >= 0.3 is 0 Å². The number of aromatic nitrogens is 1. The molecule has 1 heterocycles. The highest BCUT2D eigenvalue weighted by molar-refractivity contribution is 5.95. The van der Waals surface area contributed by atoms with Gasteiger partial charge in [-0.2, -0.15) is 0 Å². The summed E-state index contributed by atoms with van der Waals surface area (Å²) in [5.74, 6) is 0.663. The van der Waals surface area contributed by atoms with E-state index >= 15 is 0 Å². The minimum Gasteiger partial charge on any atom is -0.253 e. The molecule has 0 bridgehead atoms. The first-order valence-electron chi connectivity index (χ1n) is 10.3. The molecule has 1 aliphatic carbocycles. The molecule has 1 heteroatoms. The molecule has 0 unspecified atom stereocenters. The van der Waals surface area contributed by atoms with Gasteiger partial charge in [-0.05, 0) is 60.6 Å². The fourth-order valence-electron chi connectivity index (χ4n) is 3.97. The molecule has 0 aliphatic heterocycles. The number of nitrogens with zero attached hydrogens (tertiary/aromatic N) is 1. The second-order valence-electron chi connectivity index (χ2n) is 7.75. The summed E-state index contributed by atoms with van der Waals surface area (Å²) in [5.41, 5.74) is 6.56. The van der Waals surface area contributed by atoms with Crippen LogP contribution < -0.4 is 0 Å². The zero-order valence-electron chi connectivity index (χ0n) is 15.9. The molecule has 1 aliphatic rings. The molecule has 0 radical (unpaired) electrons.